The number of pyridine rings is 2. The molecule has 0 aliphatic heterocycles. The lowest BCUT2D eigenvalue weighted by molar-refractivity contribution is -0.120. The molecule has 27 heavy (non-hydrogen) atoms. The molecule has 1 aliphatic carbocycles. The number of aromatic nitrogens is 2. The third-order valence-electron chi connectivity index (χ3n) is 4.68. The Morgan fingerprint density at radius 2 is 1.37 bits per heavy atom. The number of hydrogen-bond donors (Lipinski definition) is 0. The van der Waals surface area contributed by atoms with Gasteiger partial charge in [0.15, 0.2) is 0 Å². The molecule has 134 valence electrons. The van der Waals surface area contributed by atoms with Gasteiger partial charge in [-0.3, -0.25) is 14.8 Å². The highest BCUT2D eigenvalue weighted by atomic mass is 16.1. The molecule has 3 nitrogen and oxygen atoms in total. The van der Waals surface area contributed by atoms with E-state index in [-0.39, 0.29) is 5.78 Å². The number of nitrogens with zero attached hydrogens (tertiary/aromatic N) is 2. The minimum Gasteiger partial charge on any atom is -0.299 e. The Morgan fingerprint density at radius 1 is 0.815 bits per heavy atom. The Bertz CT molecular complexity index is 881. The van der Waals surface area contributed by atoms with Crippen LogP contribution in [0.4, 0.5) is 0 Å². The van der Waals surface area contributed by atoms with Crippen LogP contribution in [0.3, 0.4) is 0 Å². The van der Waals surface area contributed by atoms with E-state index in [1.165, 1.54) is 11.1 Å². The highest BCUT2D eigenvalue weighted by Gasteiger charge is 2.33. The Balaban J connectivity index is 0.000000159. The lowest BCUT2D eigenvalue weighted by Gasteiger charge is -2.28. The number of Topliss-reactive ketones (excluding diaryl/α,β-unsaturated/α-hetero) is 1. The van der Waals surface area contributed by atoms with Gasteiger partial charge in [-0.25, -0.2) is 0 Å². The molecule has 3 aromatic rings. The monoisotopic (exact) mass is 354 g/mol. The maximum absolute atomic E-state index is 11.8. The molecule has 1 atom stereocenters. The second kappa shape index (κ2) is 8.86. The van der Waals surface area contributed by atoms with E-state index in [1.807, 2.05) is 72.8 Å². The van der Waals surface area contributed by atoms with Crippen LogP contribution in [0.5, 0.6) is 0 Å². The van der Waals surface area contributed by atoms with Crippen molar-refractivity contribution < 1.29 is 4.79 Å². The Kier molecular flexibility index (Phi) is 6.06. The van der Waals surface area contributed by atoms with Crippen molar-refractivity contribution in [3.05, 3.63) is 109 Å². The molecular weight excluding hydrogens is 332 g/mol. The maximum atomic E-state index is 11.8. The molecule has 1 aromatic carbocycles. The molecule has 0 bridgehead atoms. The van der Waals surface area contributed by atoms with Crippen molar-refractivity contribution in [2.75, 3.05) is 0 Å². The molecule has 0 spiro atoms. The van der Waals surface area contributed by atoms with Gasteiger partial charge in [0.05, 0.1) is 5.41 Å². The molecule has 0 radical (unpaired) electrons. The van der Waals surface area contributed by atoms with E-state index in [4.69, 9.17) is 0 Å². The molecule has 1 unspecified atom stereocenters. The number of hydrogen-bond acceptors (Lipinski definition) is 3. The summed E-state index contributed by atoms with van der Waals surface area (Å²) in [5.41, 5.74) is 2.99. The summed E-state index contributed by atoms with van der Waals surface area (Å²) in [6, 6.07) is 17.9. The van der Waals surface area contributed by atoms with E-state index in [0.717, 1.165) is 12.0 Å². The third kappa shape index (κ3) is 4.45. The largest absolute Gasteiger partial charge is 0.299 e. The summed E-state index contributed by atoms with van der Waals surface area (Å²) in [5, 5.41) is 0. The molecule has 3 heteroatoms. The SMILES string of the molecule is CC(=O)C1(c2ccccc2)C=CC=CC1.c1cc(-c2ccncc2)ccn1. The van der Waals surface area contributed by atoms with E-state index < -0.39 is 5.41 Å². The average Bonchev–Trinajstić information content (AvgIpc) is 2.76. The standard InChI is InChI=1S/C14H14O.C10H8N2/c1-12(15)14(10-6-3-7-11-14)13-8-4-2-5-9-13;1-5-11-6-2-9(1)10-3-7-12-8-4-10/h2-10H,11H2,1H3;1-8H. The number of carbonyl (C=O) groups is 1. The zero-order valence-corrected chi connectivity index (χ0v) is 15.3. The molecular formula is C24H22N2O. The summed E-state index contributed by atoms with van der Waals surface area (Å²) in [6.45, 7) is 1.66. The fourth-order valence-corrected chi connectivity index (χ4v) is 3.12. The van der Waals surface area contributed by atoms with Crippen LogP contribution in [0.25, 0.3) is 11.1 Å². The minimum atomic E-state index is -0.435. The number of carbonyl (C=O) groups excluding carboxylic acids is 1. The normalized spacial score (nSPS) is 17.7. The lowest BCUT2D eigenvalue weighted by Crippen LogP contribution is -2.32. The van der Waals surface area contributed by atoms with Gasteiger partial charge < -0.3 is 0 Å². The van der Waals surface area contributed by atoms with Crippen molar-refractivity contribution in [2.45, 2.75) is 18.8 Å². The number of allylic oxidation sites excluding steroid dienone is 4. The summed E-state index contributed by atoms with van der Waals surface area (Å²) in [6.07, 6.45) is 15.9. The fourth-order valence-electron chi connectivity index (χ4n) is 3.12. The van der Waals surface area contributed by atoms with Crippen molar-refractivity contribution in [1.82, 2.24) is 9.97 Å². The Hall–Kier alpha value is -3.33. The van der Waals surface area contributed by atoms with Gasteiger partial charge in [-0.2, -0.15) is 0 Å². The van der Waals surface area contributed by atoms with Gasteiger partial charge in [0, 0.05) is 24.8 Å². The maximum Gasteiger partial charge on any atom is 0.144 e. The fraction of sp³-hybridized carbons (Fsp3) is 0.125. The van der Waals surface area contributed by atoms with Crippen LogP contribution in [-0.4, -0.2) is 15.8 Å². The Morgan fingerprint density at radius 3 is 1.81 bits per heavy atom. The van der Waals surface area contributed by atoms with Gasteiger partial charge in [0.1, 0.15) is 5.78 Å². The van der Waals surface area contributed by atoms with Gasteiger partial charge in [0.25, 0.3) is 0 Å². The van der Waals surface area contributed by atoms with Gasteiger partial charge in [0.2, 0.25) is 0 Å². The highest BCUT2D eigenvalue weighted by molar-refractivity contribution is 5.91. The molecule has 0 saturated heterocycles. The van der Waals surface area contributed by atoms with Crippen LogP contribution in [-0.2, 0) is 10.2 Å². The van der Waals surface area contributed by atoms with Gasteiger partial charge >= 0.3 is 0 Å². The summed E-state index contributed by atoms with van der Waals surface area (Å²) in [4.78, 5) is 19.7. The van der Waals surface area contributed by atoms with Gasteiger partial charge in [-0.1, -0.05) is 54.6 Å². The van der Waals surface area contributed by atoms with Crippen LogP contribution in [0.1, 0.15) is 18.9 Å². The highest BCUT2D eigenvalue weighted by Crippen LogP contribution is 2.33. The first-order valence-corrected chi connectivity index (χ1v) is 8.94. The van der Waals surface area contributed by atoms with Crippen LogP contribution in [0.15, 0.2) is 104 Å². The number of ketones is 1. The van der Waals surface area contributed by atoms with Crippen LogP contribution < -0.4 is 0 Å². The molecule has 2 aromatic heterocycles. The average molecular weight is 354 g/mol. The van der Waals surface area contributed by atoms with Crippen LogP contribution in [0.2, 0.25) is 0 Å². The topological polar surface area (TPSA) is 42.9 Å². The summed E-state index contributed by atoms with van der Waals surface area (Å²) >= 11 is 0. The second-order valence-electron chi connectivity index (χ2n) is 6.36. The van der Waals surface area contributed by atoms with E-state index in [1.54, 1.807) is 31.7 Å². The molecule has 0 fully saturated rings. The summed E-state index contributed by atoms with van der Waals surface area (Å²) < 4.78 is 0. The van der Waals surface area contributed by atoms with E-state index in [9.17, 15) is 4.79 Å². The molecule has 2 heterocycles. The smallest absolute Gasteiger partial charge is 0.144 e. The second-order valence-corrected chi connectivity index (χ2v) is 6.36. The van der Waals surface area contributed by atoms with Crippen molar-refractivity contribution in [2.24, 2.45) is 0 Å². The molecule has 0 N–H and O–H groups in total. The summed E-state index contributed by atoms with van der Waals surface area (Å²) in [5.74, 6) is 0.203. The van der Waals surface area contributed by atoms with E-state index >= 15 is 0 Å². The van der Waals surface area contributed by atoms with Crippen LogP contribution in [0, 0.1) is 0 Å². The first kappa shape index (κ1) is 18.5. The van der Waals surface area contributed by atoms with Crippen molar-refractivity contribution in [3.63, 3.8) is 0 Å². The third-order valence-corrected chi connectivity index (χ3v) is 4.68. The zero-order chi connectivity index (χ0) is 19.0. The Labute approximate surface area is 160 Å². The van der Waals surface area contributed by atoms with Crippen molar-refractivity contribution >= 4 is 5.78 Å². The quantitative estimate of drug-likeness (QED) is 0.651. The van der Waals surface area contributed by atoms with Crippen LogP contribution >= 0.6 is 0 Å². The van der Waals surface area contributed by atoms with E-state index in [2.05, 4.69) is 16.0 Å². The summed E-state index contributed by atoms with van der Waals surface area (Å²) in [7, 11) is 0. The molecule has 0 amide bonds. The minimum absolute atomic E-state index is 0.203. The number of benzene rings is 1. The lowest BCUT2D eigenvalue weighted by atomic mass is 9.73. The van der Waals surface area contributed by atoms with Gasteiger partial charge in [-0.15, -0.1) is 0 Å². The zero-order valence-electron chi connectivity index (χ0n) is 15.3. The van der Waals surface area contributed by atoms with Crippen molar-refractivity contribution in [1.29, 1.82) is 0 Å². The predicted octanol–water partition coefficient (Wildman–Crippen LogP) is 5.17. The predicted molar refractivity (Wildman–Crippen MR) is 109 cm³/mol. The molecule has 0 saturated carbocycles. The first-order valence-electron chi connectivity index (χ1n) is 8.94. The van der Waals surface area contributed by atoms with E-state index in [0.29, 0.717) is 0 Å². The molecule has 4 rings (SSSR count). The van der Waals surface area contributed by atoms with Crippen molar-refractivity contribution in [3.8, 4) is 11.1 Å². The molecule has 1 aliphatic rings. The number of rotatable bonds is 3. The van der Waals surface area contributed by atoms with Gasteiger partial charge in [-0.05, 0) is 54.3 Å². The first-order chi connectivity index (χ1) is 13.2.